The SMILES string of the molecule is O=C(O)CCCC=CCC1C2CCC(CC2)C1NS(=O)(=O)C=Cc1ccc(I)cc1. The van der Waals surface area contributed by atoms with E-state index in [2.05, 4.69) is 33.4 Å². The minimum atomic E-state index is -3.52. The van der Waals surface area contributed by atoms with Gasteiger partial charge in [0.2, 0.25) is 10.0 Å². The highest BCUT2D eigenvalue weighted by Gasteiger charge is 2.44. The summed E-state index contributed by atoms with van der Waals surface area (Å²) in [6, 6.07) is 7.72. The van der Waals surface area contributed by atoms with Crippen LogP contribution in [0.25, 0.3) is 6.08 Å². The van der Waals surface area contributed by atoms with Crippen LogP contribution < -0.4 is 4.72 Å². The molecule has 0 saturated heterocycles. The molecule has 7 heteroatoms. The largest absolute Gasteiger partial charge is 0.481 e. The Hall–Kier alpha value is -1.19. The van der Waals surface area contributed by atoms with Gasteiger partial charge in [0, 0.05) is 21.4 Å². The normalized spacial score (nSPS) is 26.6. The summed E-state index contributed by atoms with van der Waals surface area (Å²) in [5.41, 5.74) is 0.867. The smallest absolute Gasteiger partial charge is 0.303 e. The third-order valence-corrected chi connectivity index (χ3v) is 8.15. The van der Waals surface area contributed by atoms with E-state index in [0.717, 1.165) is 34.8 Å². The standard InChI is InChI=1S/C23H30INO4S/c24-20-13-7-17(8-14-20)15-16-30(28,29)25-23-19-11-9-18(10-12-19)21(23)5-3-1-2-4-6-22(26)27/h1,3,7-8,13-16,18-19,21,23,25H,2,4-6,9-12H2,(H,26,27). The number of sulfonamides is 1. The second-order valence-electron chi connectivity index (χ2n) is 8.37. The van der Waals surface area contributed by atoms with Crippen LogP contribution in [0.5, 0.6) is 0 Å². The van der Waals surface area contributed by atoms with Gasteiger partial charge in [-0.15, -0.1) is 0 Å². The fraction of sp³-hybridized carbons (Fsp3) is 0.522. The second-order valence-corrected chi connectivity index (χ2v) is 11.2. The van der Waals surface area contributed by atoms with Gasteiger partial charge < -0.3 is 5.11 Å². The fourth-order valence-electron chi connectivity index (χ4n) is 4.81. The number of nitrogens with one attached hydrogen (secondary N) is 1. The molecule has 2 unspecified atom stereocenters. The fourth-order valence-corrected chi connectivity index (χ4v) is 6.33. The van der Waals surface area contributed by atoms with Crippen molar-refractivity contribution in [3.05, 3.63) is 51.0 Å². The molecule has 1 aromatic carbocycles. The maximum absolute atomic E-state index is 12.8. The molecule has 0 aromatic heterocycles. The third kappa shape index (κ3) is 6.92. The lowest BCUT2D eigenvalue weighted by Crippen LogP contribution is -2.52. The topological polar surface area (TPSA) is 83.5 Å². The van der Waals surface area contributed by atoms with Crippen molar-refractivity contribution in [2.24, 2.45) is 17.8 Å². The highest BCUT2D eigenvalue weighted by Crippen LogP contribution is 2.46. The molecule has 0 spiro atoms. The number of carboxylic acid groups (broad SMARTS) is 1. The molecule has 0 aliphatic heterocycles. The number of carbonyl (C=O) groups is 1. The zero-order valence-corrected chi connectivity index (χ0v) is 20.0. The van der Waals surface area contributed by atoms with Crippen molar-refractivity contribution in [3.8, 4) is 0 Å². The molecule has 0 amide bonds. The first kappa shape index (κ1) is 23.5. The molecule has 5 nitrogen and oxygen atoms in total. The molecule has 3 fully saturated rings. The Morgan fingerprint density at radius 3 is 2.43 bits per heavy atom. The van der Waals surface area contributed by atoms with E-state index in [4.69, 9.17) is 5.11 Å². The number of carboxylic acids is 1. The van der Waals surface area contributed by atoms with Crippen LogP contribution in [0.4, 0.5) is 0 Å². The lowest BCUT2D eigenvalue weighted by molar-refractivity contribution is -0.137. The summed E-state index contributed by atoms with van der Waals surface area (Å²) in [7, 11) is -3.52. The van der Waals surface area contributed by atoms with E-state index in [1.165, 1.54) is 18.2 Å². The lowest BCUT2D eigenvalue weighted by atomic mass is 9.61. The first-order valence-electron chi connectivity index (χ1n) is 10.7. The Bertz CT molecular complexity index is 871. The molecule has 2 bridgehead atoms. The molecule has 1 aromatic rings. The highest BCUT2D eigenvalue weighted by atomic mass is 127. The van der Waals surface area contributed by atoms with Gasteiger partial charge in [-0.25, -0.2) is 13.1 Å². The molecule has 0 radical (unpaired) electrons. The van der Waals surface area contributed by atoms with E-state index in [0.29, 0.717) is 24.2 Å². The van der Waals surface area contributed by atoms with Crippen LogP contribution in [0.2, 0.25) is 0 Å². The average molecular weight is 543 g/mol. The number of rotatable bonds is 10. The van der Waals surface area contributed by atoms with Crippen LogP contribution in [0, 0.1) is 21.3 Å². The van der Waals surface area contributed by atoms with Gasteiger partial charge in [0.1, 0.15) is 0 Å². The maximum atomic E-state index is 12.8. The third-order valence-electron chi connectivity index (χ3n) is 6.34. The monoisotopic (exact) mass is 543 g/mol. The summed E-state index contributed by atoms with van der Waals surface area (Å²) >= 11 is 2.22. The van der Waals surface area contributed by atoms with E-state index < -0.39 is 16.0 Å². The van der Waals surface area contributed by atoms with Gasteiger partial charge in [0.15, 0.2) is 0 Å². The Morgan fingerprint density at radius 2 is 1.77 bits per heavy atom. The van der Waals surface area contributed by atoms with Gasteiger partial charge in [0.25, 0.3) is 0 Å². The molecule has 0 heterocycles. The van der Waals surface area contributed by atoms with Crippen molar-refractivity contribution >= 4 is 44.7 Å². The quantitative estimate of drug-likeness (QED) is 0.242. The zero-order valence-electron chi connectivity index (χ0n) is 17.0. The van der Waals surface area contributed by atoms with E-state index in [-0.39, 0.29) is 12.5 Å². The average Bonchev–Trinajstić information content (AvgIpc) is 2.71. The lowest BCUT2D eigenvalue weighted by Gasteiger charge is -2.48. The van der Waals surface area contributed by atoms with Crippen LogP contribution in [0.15, 0.2) is 41.8 Å². The number of hydrogen-bond donors (Lipinski definition) is 2. The summed E-state index contributed by atoms with van der Waals surface area (Å²) < 4.78 is 29.6. The minimum absolute atomic E-state index is 0.0208. The van der Waals surface area contributed by atoms with Gasteiger partial charge in [0.05, 0.1) is 0 Å². The Balaban J connectivity index is 1.61. The van der Waals surface area contributed by atoms with E-state index in [1.54, 1.807) is 6.08 Å². The predicted molar refractivity (Wildman–Crippen MR) is 128 cm³/mol. The second kappa shape index (κ2) is 10.9. The van der Waals surface area contributed by atoms with Crippen molar-refractivity contribution in [1.29, 1.82) is 0 Å². The van der Waals surface area contributed by atoms with Crippen molar-refractivity contribution in [2.45, 2.75) is 57.4 Å². The van der Waals surface area contributed by atoms with Crippen LogP contribution in [-0.2, 0) is 14.8 Å². The molecular weight excluding hydrogens is 513 g/mol. The number of unbranched alkanes of at least 4 members (excludes halogenated alkanes) is 1. The van der Waals surface area contributed by atoms with Gasteiger partial charge in [-0.3, -0.25) is 4.79 Å². The summed E-state index contributed by atoms with van der Waals surface area (Å²) in [6.45, 7) is 0. The Kier molecular flexibility index (Phi) is 8.53. The van der Waals surface area contributed by atoms with Gasteiger partial charge in [-0.05, 0) is 109 Å². The van der Waals surface area contributed by atoms with Crippen molar-refractivity contribution in [2.75, 3.05) is 0 Å². The number of fused-ring (bicyclic) bond motifs is 3. The maximum Gasteiger partial charge on any atom is 0.303 e. The van der Waals surface area contributed by atoms with Crippen molar-refractivity contribution in [3.63, 3.8) is 0 Å². The first-order chi connectivity index (χ1) is 14.3. The predicted octanol–water partition coefficient (Wildman–Crippen LogP) is 5.19. The molecule has 164 valence electrons. The zero-order chi connectivity index (χ0) is 21.6. The molecular formula is C23H30INO4S. The van der Waals surface area contributed by atoms with Crippen LogP contribution in [-0.4, -0.2) is 25.5 Å². The van der Waals surface area contributed by atoms with Crippen LogP contribution in [0.3, 0.4) is 0 Å². The van der Waals surface area contributed by atoms with Crippen LogP contribution in [0.1, 0.15) is 56.9 Å². The number of aliphatic carboxylic acids is 1. The molecule has 4 rings (SSSR count). The first-order valence-corrected chi connectivity index (χ1v) is 13.3. The van der Waals surface area contributed by atoms with Crippen molar-refractivity contribution in [1.82, 2.24) is 4.72 Å². The Labute approximate surface area is 193 Å². The highest BCUT2D eigenvalue weighted by molar-refractivity contribution is 14.1. The van der Waals surface area contributed by atoms with Crippen LogP contribution >= 0.6 is 22.6 Å². The van der Waals surface area contributed by atoms with Gasteiger partial charge in [-0.2, -0.15) is 0 Å². The number of halogens is 1. The number of allylic oxidation sites excluding steroid dienone is 2. The summed E-state index contributed by atoms with van der Waals surface area (Å²) in [4.78, 5) is 10.6. The number of hydrogen-bond acceptors (Lipinski definition) is 3. The molecule has 30 heavy (non-hydrogen) atoms. The van der Waals surface area contributed by atoms with E-state index in [1.807, 2.05) is 30.3 Å². The van der Waals surface area contributed by atoms with E-state index in [9.17, 15) is 13.2 Å². The minimum Gasteiger partial charge on any atom is -0.481 e. The molecule has 3 aliphatic rings. The summed E-state index contributed by atoms with van der Waals surface area (Å²) in [5.74, 6) is 0.517. The summed E-state index contributed by atoms with van der Waals surface area (Å²) in [6.07, 6.45) is 12.8. The van der Waals surface area contributed by atoms with Gasteiger partial charge >= 0.3 is 5.97 Å². The molecule has 3 saturated carbocycles. The molecule has 2 N–H and O–H groups in total. The van der Waals surface area contributed by atoms with Crippen molar-refractivity contribution < 1.29 is 18.3 Å². The summed E-state index contributed by atoms with van der Waals surface area (Å²) in [5, 5.41) is 10.0. The molecule has 3 aliphatic carbocycles. The number of benzene rings is 1. The molecule has 2 atom stereocenters. The van der Waals surface area contributed by atoms with Gasteiger partial charge in [-0.1, -0.05) is 24.3 Å². The Morgan fingerprint density at radius 1 is 1.10 bits per heavy atom. The van der Waals surface area contributed by atoms with E-state index >= 15 is 0 Å².